The van der Waals surface area contributed by atoms with E-state index in [1.807, 2.05) is 36.4 Å². The van der Waals surface area contributed by atoms with E-state index in [1.54, 1.807) is 17.0 Å². The summed E-state index contributed by atoms with van der Waals surface area (Å²) in [5.41, 5.74) is 1.36. The smallest absolute Gasteiger partial charge is 0.229 e. The zero-order valence-corrected chi connectivity index (χ0v) is 14.5. The minimum absolute atomic E-state index is 0.0888. The number of benzene rings is 2. The van der Waals surface area contributed by atoms with E-state index in [1.165, 1.54) is 0 Å². The monoisotopic (exact) mass is 392 g/mol. The summed E-state index contributed by atoms with van der Waals surface area (Å²) in [6.07, 6.45) is 0.188. The molecule has 2 amide bonds. The van der Waals surface area contributed by atoms with Crippen LogP contribution in [-0.2, 0) is 9.59 Å². The number of rotatable bonds is 3. The molecule has 0 radical (unpaired) electrons. The molecule has 2 aromatic rings. The Hall–Kier alpha value is -1.85. The summed E-state index contributed by atoms with van der Waals surface area (Å²) in [6.45, 7) is 0.338. The Morgan fingerprint density at radius 1 is 1.17 bits per heavy atom. The van der Waals surface area contributed by atoms with Crippen molar-refractivity contribution in [1.29, 1.82) is 0 Å². The molecule has 0 spiro atoms. The summed E-state index contributed by atoms with van der Waals surface area (Å²) in [5.74, 6) is -0.633. The van der Waals surface area contributed by atoms with E-state index >= 15 is 0 Å². The topological polar surface area (TPSA) is 49.4 Å². The lowest BCUT2D eigenvalue weighted by Gasteiger charge is -2.18. The fourth-order valence-corrected chi connectivity index (χ4v) is 3.07. The number of nitrogens with zero attached hydrogens (tertiary/aromatic N) is 1. The molecule has 23 heavy (non-hydrogen) atoms. The van der Waals surface area contributed by atoms with Crippen molar-refractivity contribution >= 4 is 50.7 Å². The molecule has 0 saturated carbocycles. The van der Waals surface area contributed by atoms with Gasteiger partial charge in [0.25, 0.3) is 0 Å². The van der Waals surface area contributed by atoms with Gasteiger partial charge in [-0.1, -0.05) is 39.7 Å². The summed E-state index contributed by atoms with van der Waals surface area (Å²) in [7, 11) is 0. The number of carbonyl (C=O) groups is 2. The Morgan fingerprint density at radius 2 is 1.87 bits per heavy atom. The van der Waals surface area contributed by atoms with Gasteiger partial charge >= 0.3 is 0 Å². The van der Waals surface area contributed by atoms with Crippen LogP contribution >= 0.6 is 27.5 Å². The van der Waals surface area contributed by atoms with E-state index in [0.29, 0.717) is 22.9 Å². The second-order valence-electron chi connectivity index (χ2n) is 5.35. The van der Waals surface area contributed by atoms with Gasteiger partial charge in [0.05, 0.1) is 16.6 Å². The molecule has 6 heteroatoms. The maximum atomic E-state index is 12.4. The maximum Gasteiger partial charge on any atom is 0.229 e. The average Bonchev–Trinajstić information content (AvgIpc) is 2.92. The molecule has 0 aliphatic carbocycles. The minimum Gasteiger partial charge on any atom is -0.326 e. The van der Waals surface area contributed by atoms with Crippen molar-refractivity contribution in [2.24, 2.45) is 5.92 Å². The van der Waals surface area contributed by atoms with Crippen LogP contribution in [0.5, 0.6) is 0 Å². The van der Waals surface area contributed by atoms with Gasteiger partial charge in [0.15, 0.2) is 0 Å². The first-order valence-electron chi connectivity index (χ1n) is 7.16. The Balaban J connectivity index is 1.71. The third-order valence-electron chi connectivity index (χ3n) is 3.75. The van der Waals surface area contributed by atoms with Gasteiger partial charge in [-0.15, -0.1) is 0 Å². The summed E-state index contributed by atoms with van der Waals surface area (Å²) < 4.78 is 0.941. The van der Waals surface area contributed by atoms with Crippen molar-refractivity contribution < 1.29 is 9.59 Å². The summed E-state index contributed by atoms with van der Waals surface area (Å²) in [6, 6.07) is 14.5. The quantitative estimate of drug-likeness (QED) is 0.854. The number of anilines is 2. The molecule has 118 valence electrons. The number of para-hydroxylation sites is 1. The van der Waals surface area contributed by atoms with Crippen molar-refractivity contribution in [3.05, 3.63) is 58.0 Å². The molecular weight excluding hydrogens is 380 g/mol. The zero-order valence-electron chi connectivity index (χ0n) is 12.1. The van der Waals surface area contributed by atoms with E-state index in [9.17, 15) is 9.59 Å². The number of carbonyl (C=O) groups excluding carboxylic acids is 2. The van der Waals surface area contributed by atoms with Crippen LogP contribution in [0.15, 0.2) is 53.0 Å². The molecule has 0 aromatic heterocycles. The van der Waals surface area contributed by atoms with E-state index in [-0.39, 0.29) is 24.2 Å². The molecule has 3 rings (SSSR count). The van der Waals surface area contributed by atoms with Crippen LogP contribution in [0, 0.1) is 5.92 Å². The van der Waals surface area contributed by atoms with Gasteiger partial charge in [0.1, 0.15) is 0 Å². The largest absolute Gasteiger partial charge is 0.326 e. The van der Waals surface area contributed by atoms with Crippen LogP contribution in [0.4, 0.5) is 11.4 Å². The van der Waals surface area contributed by atoms with Gasteiger partial charge in [-0.25, -0.2) is 0 Å². The first-order chi connectivity index (χ1) is 11.0. The summed E-state index contributed by atoms with van der Waals surface area (Å²) in [5, 5.41) is 3.36. The molecule has 1 aliphatic rings. The van der Waals surface area contributed by atoms with Crippen molar-refractivity contribution in [2.45, 2.75) is 6.42 Å². The first-order valence-corrected chi connectivity index (χ1v) is 8.33. The predicted octanol–water partition coefficient (Wildman–Crippen LogP) is 4.09. The predicted molar refractivity (Wildman–Crippen MR) is 94.7 cm³/mol. The third-order valence-corrected chi connectivity index (χ3v) is 4.60. The molecule has 1 saturated heterocycles. The minimum atomic E-state index is -0.387. The highest BCUT2D eigenvalue weighted by Crippen LogP contribution is 2.31. The Kier molecular flexibility index (Phi) is 4.68. The van der Waals surface area contributed by atoms with Gasteiger partial charge < -0.3 is 10.2 Å². The lowest BCUT2D eigenvalue weighted by atomic mass is 10.1. The molecule has 0 bridgehead atoms. The van der Waals surface area contributed by atoms with Crippen molar-refractivity contribution in [2.75, 3.05) is 16.8 Å². The standard InChI is InChI=1S/C17H14BrClN2O2/c18-12-5-7-13(8-6-12)20-17(23)11-9-16(22)21(10-11)15-4-2-1-3-14(15)19/h1-8,11H,9-10H2,(H,20,23)/t11-/m0/s1. The summed E-state index contributed by atoms with van der Waals surface area (Å²) >= 11 is 9.49. The first kappa shape index (κ1) is 16.0. The second kappa shape index (κ2) is 6.72. The van der Waals surface area contributed by atoms with Crippen LogP contribution < -0.4 is 10.2 Å². The fraction of sp³-hybridized carbons (Fsp3) is 0.176. The normalized spacial score (nSPS) is 17.4. The number of hydrogen-bond donors (Lipinski definition) is 1. The van der Waals surface area contributed by atoms with E-state index in [4.69, 9.17) is 11.6 Å². The number of amides is 2. The van der Waals surface area contributed by atoms with Crippen LogP contribution in [0.1, 0.15) is 6.42 Å². The molecule has 1 fully saturated rings. The van der Waals surface area contributed by atoms with E-state index in [0.717, 1.165) is 4.47 Å². The molecule has 1 N–H and O–H groups in total. The van der Waals surface area contributed by atoms with Crippen molar-refractivity contribution in [3.8, 4) is 0 Å². The van der Waals surface area contributed by atoms with Crippen LogP contribution in [-0.4, -0.2) is 18.4 Å². The summed E-state index contributed by atoms with van der Waals surface area (Å²) in [4.78, 5) is 26.2. The Labute approximate surface area is 147 Å². The highest BCUT2D eigenvalue weighted by molar-refractivity contribution is 9.10. The Morgan fingerprint density at radius 3 is 2.57 bits per heavy atom. The van der Waals surface area contributed by atoms with E-state index in [2.05, 4.69) is 21.2 Å². The molecule has 1 atom stereocenters. The molecule has 1 aliphatic heterocycles. The van der Waals surface area contributed by atoms with Crippen LogP contribution in [0.25, 0.3) is 0 Å². The molecule has 2 aromatic carbocycles. The van der Waals surface area contributed by atoms with Crippen LogP contribution in [0.3, 0.4) is 0 Å². The molecular formula is C17H14BrClN2O2. The number of halogens is 2. The van der Waals surface area contributed by atoms with Gasteiger partial charge in [-0.05, 0) is 36.4 Å². The number of nitrogens with one attached hydrogen (secondary N) is 1. The van der Waals surface area contributed by atoms with Gasteiger partial charge in [0, 0.05) is 23.1 Å². The zero-order chi connectivity index (χ0) is 16.4. The highest BCUT2D eigenvalue weighted by atomic mass is 79.9. The fourth-order valence-electron chi connectivity index (χ4n) is 2.56. The molecule has 0 unspecified atom stereocenters. The average molecular weight is 394 g/mol. The lowest BCUT2D eigenvalue weighted by Crippen LogP contribution is -2.28. The van der Waals surface area contributed by atoms with Crippen LogP contribution in [0.2, 0.25) is 5.02 Å². The lowest BCUT2D eigenvalue weighted by molar-refractivity contribution is -0.122. The number of hydrogen-bond acceptors (Lipinski definition) is 2. The maximum absolute atomic E-state index is 12.4. The van der Waals surface area contributed by atoms with Gasteiger partial charge in [0.2, 0.25) is 11.8 Å². The van der Waals surface area contributed by atoms with Gasteiger partial charge in [-0.3, -0.25) is 9.59 Å². The van der Waals surface area contributed by atoms with Crippen molar-refractivity contribution in [3.63, 3.8) is 0 Å². The third kappa shape index (κ3) is 3.57. The van der Waals surface area contributed by atoms with Gasteiger partial charge in [-0.2, -0.15) is 0 Å². The van der Waals surface area contributed by atoms with E-state index < -0.39 is 0 Å². The highest BCUT2D eigenvalue weighted by Gasteiger charge is 2.35. The van der Waals surface area contributed by atoms with Crippen molar-refractivity contribution in [1.82, 2.24) is 0 Å². The SMILES string of the molecule is O=C(Nc1ccc(Br)cc1)[C@H]1CC(=O)N(c2ccccc2Cl)C1. The molecule has 1 heterocycles. The molecule has 4 nitrogen and oxygen atoms in total. The Bertz CT molecular complexity index is 749. The second-order valence-corrected chi connectivity index (χ2v) is 6.68.